The SMILES string of the molecule is CC.CC.c1ccc(-c2cnc(-c3ccccc3)o2)cc1. The van der Waals surface area contributed by atoms with E-state index in [0.29, 0.717) is 5.89 Å². The molecule has 0 fully saturated rings. The molecule has 0 aliphatic heterocycles. The van der Waals surface area contributed by atoms with E-state index < -0.39 is 0 Å². The van der Waals surface area contributed by atoms with Crippen LogP contribution >= 0.6 is 0 Å². The van der Waals surface area contributed by atoms with Crippen molar-refractivity contribution in [3.8, 4) is 22.8 Å². The van der Waals surface area contributed by atoms with Gasteiger partial charge in [-0.3, -0.25) is 0 Å². The Balaban J connectivity index is 0.000000510. The monoisotopic (exact) mass is 281 g/mol. The van der Waals surface area contributed by atoms with Crippen molar-refractivity contribution in [2.24, 2.45) is 0 Å². The molecule has 0 bridgehead atoms. The second-order valence-corrected chi connectivity index (χ2v) is 3.76. The maximum Gasteiger partial charge on any atom is 0.226 e. The van der Waals surface area contributed by atoms with Crippen molar-refractivity contribution in [2.45, 2.75) is 27.7 Å². The van der Waals surface area contributed by atoms with Crippen LogP contribution < -0.4 is 0 Å². The van der Waals surface area contributed by atoms with Crippen molar-refractivity contribution < 1.29 is 4.42 Å². The zero-order chi connectivity index (χ0) is 15.5. The van der Waals surface area contributed by atoms with Gasteiger partial charge in [0.15, 0.2) is 5.76 Å². The van der Waals surface area contributed by atoms with Crippen molar-refractivity contribution in [1.29, 1.82) is 0 Å². The van der Waals surface area contributed by atoms with Crippen molar-refractivity contribution in [1.82, 2.24) is 4.98 Å². The smallest absolute Gasteiger partial charge is 0.226 e. The molecule has 0 unspecified atom stereocenters. The molecule has 0 N–H and O–H groups in total. The summed E-state index contributed by atoms with van der Waals surface area (Å²) in [5, 5.41) is 0. The lowest BCUT2D eigenvalue weighted by Gasteiger charge is -1.95. The first-order valence-corrected chi connectivity index (χ1v) is 7.50. The molecule has 110 valence electrons. The Morgan fingerprint density at radius 1 is 0.667 bits per heavy atom. The van der Waals surface area contributed by atoms with E-state index in [1.165, 1.54) is 0 Å². The minimum Gasteiger partial charge on any atom is -0.436 e. The number of oxazole rings is 1. The molecule has 2 aromatic carbocycles. The fourth-order valence-corrected chi connectivity index (χ4v) is 1.72. The molecule has 21 heavy (non-hydrogen) atoms. The topological polar surface area (TPSA) is 26.0 Å². The van der Waals surface area contributed by atoms with Crippen LogP contribution in [0.1, 0.15) is 27.7 Å². The lowest BCUT2D eigenvalue weighted by atomic mass is 10.2. The van der Waals surface area contributed by atoms with Gasteiger partial charge in [-0.1, -0.05) is 76.2 Å². The summed E-state index contributed by atoms with van der Waals surface area (Å²) in [4.78, 5) is 4.30. The highest BCUT2D eigenvalue weighted by molar-refractivity contribution is 5.60. The molecule has 0 radical (unpaired) electrons. The minimum atomic E-state index is 0.657. The summed E-state index contributed by atoms with van der Waals surface area (Å²) >= 11 is 0. The van der Waals surface area contributed by atoms with E-state index in [-0.39, 0.29) is 0 Å². The molecule has 0 aliphatic carbocycles. The maximum absolute atomic E-state index is 5.74. The predicted octanol–water partition coefficient (Wildman–Crippen LogP) is 6.06. The number of hydrogen-bond acceptors (Lipinski definition) is 2. The molecular formula is C19H23NO. The van der Waals surface area contributed by atoms with Gasteiger partial charge in [0, 0.05) is 11.1 Å². The number of hydrogen-bond donors (Lipinski definition) is 0. The molecule has 1 aromatic heterocycles. The Morgan fingerprint density at radius 3 is 1.67 bits per heavy atom. The zero-order valence-corrected chi connectivity index (χ0v) is 13.2. The zero-order valence-electron chi connectivity index (χ0n) is 13.2. The summed E-state index contributed by atoms with van der Waals surface area (Å²) in [5.41, 5.74) is 2.04. The average Bonchev–Trinajstić information content (AvgIpc) is 3.10. The molecule has 2 nitrogen and oxygen atoms in total. The van der Waals surface area contributed by atoms with Crippen molar-refractivity contribution in [3.63, 3.8) is 0 Å². The molecule has 0 aliphatic rings. The van der Waals surface area contributed by atoms with Crippen molar-refractivity contribution >= 4 is 0 Å². The molecule has 0 saturated heterocycles. The summed E-state index contributed by atoms with van der Waals surface area (Å²) in [6, 6.07) is 19.9. The number of aromatic nitrogens is 1. The van der Waals surface area contributed by atoms with Crippen LogP contribution in [0.4, 0.5) is 0 Å². The average molecular weight is 281 g/mol. The van der Waals surface area contributed by atoms with Crippen LogP contribution in [0.15, 0.2) is 71.3 Å². The van der Waals surface area contributed by atoms with Crippen LogP contribution in [0.3, 0.4) is 0 Å². The summed E-state index contributed by atoms with van der Waals surface area (Å²) in [7, 11) is 0. The second-order valence-electron chi connectivity index (χ2n) is 3.76. The largest absolute Gasteiger partial charge is 0.436 e. The van der Waals surface area contributed by atoms with E-state index in [0.717, 1.165) is 16.9 Å². The van der Waals surface area contributed by atoms with Gasteiger partial charge in [0.05, 0.1) is 6.20 Å². The van der Waals surface area contributed by atoms with Gasteiger partial charge in [-0.05, 0) is 12.1 Å². The Hall–Kier alpha value is -2.35. The van der Waals surface area contributed by atoms with Crippen molar-refractivity contribution in [3.05, 3.63) is 66.9 Å². The van der Waals surface area contributed by atoms with E-state index in [1.54, 1.807) is 6.20 Å². The third kappa shape index (κ3) is 4.60. The predicted molar refractivity (Wildman–Crippen MR) is 90.1 cm³/mol. The molecule has 2 heteroatoms. The maximum atomic E-state index is 5.74. The van der Waals surface area contributed by atoms with Crippen LogP contribution in [0.2, 0.25) is 0 Å². The molecular weight excluding hydrogens is 258 g/mol. The van der Waals surface area contributed by atoms with Gasteiger partial charge in [0.1, 0.15) is 0 Å². The van der Waals surface area contributed by atoms with Gasteiger partial charge in [0.25, 0.3) is 0 Å². The Labute approximate surface area is 127 Å². The number of nitrogens with zero attached hydrogens (tertiary/aromatic N) is 1. The first-order valence-electron chi connectivity index (χ1n) is 7.50. The molecule has 0 saturated carbocycles. The summed E-state index contributed by atoms with van der Waals surface area (Å²) < 4.78 is 5.74. The highest BCUT2D eigenvalue weighted by Gasteiger charge is 2.06. The van der Waals surface area contributed by atoms with Gasteiger partial charge in [-0.25, -0.2) is 4.98 Å². The number of benzene rings is 2. The van der Waals surface area contributed by atoms with Gasteiger partial charge >= 0.3 is 0 Å². The normalized spacial score (nSPS) is 8.95. The van der Waals surface area contributed by atoms with Gasteiger partial charge in [0.2, 0.25) is 5.89 Å². The Kier molecular flexibility index (Phi) is 7.59. The minimum absolute atomic E-state index is 0.657. The number of rotatable bonds is 2. The third-order valence-corrected chi connectivity index (χ3v) is 2.58. The van der Waals surface area contributed by atoms with E-state index in [2.05, 4.69) is 4.98 Å². The quantitative estimate of drug-likeness (QED) is 0.570. The fraction of sp³-hybridized carbons (Fsp3) is 0.211. The lowest BCUT2D eigenvalue weighted by molar-refractivity contribution is 0.589. The van der Waals surface area contributed by atoms with Gasteiger partial charge in [-0.15, -0.1) is 0 Å². The summed E-state index contributed by atoms with van der Waals surface area (Å²) in [6.45, 7) is 8.00. The van der Waals surface area contributed by atoms with Crippen LogP contribution in [0.5, 0.6) is 0 Å². The van der Waals surface area contributed by atoms with Crippen LogP contribution in [-0.2, 0) is 0 Å². The van der Waals surface area contributed by atoms with Crippen LogP contribution in [-0.4, -0.2) is 4.98 Å². The molecule has 0 atom stereocenters. The molecule has 0 amide bonds. The summed E-state index contributed by atoms with van der Waals surface area (Å²) in [6.07, 6.45) is 1.76. The van der Waals surface area contributed by atoms with E-state index in [1.807, 2.05) is 88.4 Å². The highest BCUT2D eigenvalue weighted by Crippen LogP contribution is 2.25. The molecule has 1 heterocycles. The van der Waals surface area contributed by atoms with E-state index in [9.17, 15) is 0 Å². The highest BCUT2D eigenvalue weighted by atomic mass is 16.4. The van der Waals surface area contributed by atoms with E-state index >= 15 is 0 Å². The Bertz CT molecular complexity index is 546. The summed E-state index contributed by atoms with van der Waals surface area (Å²) in [5.74, 6) is 1.45. The molecule has 3 rings (SSSR count). The lowest BCUT2D eigenvalue weighted by Crippen LogP contribution is -1.73. The third-order valence-electron chi connectivity index (χ3n) is 2.58. The molecule has 3 aromatic rings. The van der Waals surface area contributed by atoms with E-state index in [4.69, 9.17) is 4.42 Å². The standard InChI is InChI=1S/C15H11NO.2C2H6/c1-3-7-12(8-4-1)14-11-16-15(17-14)13-9-5-2-6-10-13;2*1-2/h1-11H;2*1-2H3. The Morgan fingerprint density at radius 2 is 1.14 bits per heavy atom. The fourth-order valence-electron chi connectivity index (χ4n) is 1.72. The second kappa shape index (κ2) is 9.54. The molecule has 0 spiro atoms. The van der Waals surface area contributed by atoms with Gasteiger partial charge < -0.3 is 4.42 Å². The van der Waals surface area contributed by atoms with Gasteiger partial charge in [-0.2, -0.15) is 0 Å². The van der Waals surface area contributed by atoms with Crippen molar-refractivity contribution in [2.75, 3.05) is 0 Å². The first kappa shape index (κ1) is 16.7. The van der Waals surface area contributed by atoms with Crippen LogP contribution in [0.25, 0.3) is 22.8 Å². The van der Waals surface area contributed by atoms with Crippen LogP contribution in [0, 0.1) is 0 Å². The first-order chi connectivity index (χ1) is 10.4.